The number of halogens is 2. The highest BCUT2D eigenvalue weighted by Crippen LogP contribution is 2.08. The highest BCUT2D eigenvalue weighted by atomic mass is 19.3. The second-order valence-corrected chi connectivity index (χ2v) is 3.91. The van der Waals surface area contributed by atoms with Gasteiger partial charge in [0.2, 0.25) is 0 Å². The van der Waals surface area contributed by atoms with Gasteiger partial charge < -0.3 is 10.4 Å². The number of hydrogen-bond acceptors (Lipinski definition) is 5. The average molecular weight is 283 g/mol. The van der Waals surface area contributed by atoms with Crippen LogP contribution in [0.1, 0.15) is 10.4 Å². The zero-order valence-corrected chi connectivity index (χ0v) is 10.1. The Balaban J connectivity index is 1.98. The van der Waals surface area contributed by atoms with Crippen LogP contribution in [-0.4, -0.2) is 50.3 Å². The summed E-state index contributed by atoms with van der Waals surface area (Å²) in [5, 5.41) is 21.7. The van der Waals surface area contributed by atoms with E-state index in [1.165, 1.54) is 23.1 Å². The molecule has 0 saturated carbocycles. The standard InChI is InChI=1S/C11H11F2N5O2/c12-10(13)9(19)5-14-11(20)7-1-3-8(4-2-7)18-6-15-16-17-18/h1-4,6,9-10,19H,5H2,(H,14,20). The third-order valence-electron chi connectivity index (χ3n) is 2.51. The van der Waals surface area contributed by atoms with Crippen molar-refractivity contribution in [3.05, 3.63) is 36.2 Å². The second kappa shape index (κ2) is 6.15. The van der Waals surface area contributed by atoms with Crippen molar-refractivity contribution in [3.8, 4) is 5.69 Å². The predicted molar refractivity (Wildman–Crippen MR) is 63.5 cm³/mol. The number of hydrogen-bond donors (Lipinski definition) is 2. The van der Waals surface area contributed by atoms with Gasteiger partial charge in [-0.1, -0.05) is 0 Å². The number of amides is 1. The zero-order chi connectivity index (χ0) is 14.5. The number of aliphatic hydroxyl groups excluding tert-OH is 1. The summed E-state index contributed by atoms with van der Waals surface area (Å²) < 4.78 is 25.5. The smallest absolute Gasteiger partial charge is 0.265 e. The van der Waals surface area contributed by atoms with Gasteiger partial charge in [0.05, 0.1) is 5.69 Å². The van der Waals surface area contributed by atoms with Crippen LogP contribution in [0.5, 0.6) is 0 Å². The molecule has 0 radical (unpaired) electrons. The molecular weight excluding hydrogens is 272 g/mol. The van der Waals surface area contributed by atoms with Crippen LogP contribution in [0.25, 0.3) is 5.69 Å². The Kier molecular flexibility index (Phi) is 4.31. The average Bonchev–Trinajstić information content (AvgIpc) is 2.98. The lowest BCUT2D eigenvalue weighted by Gasteiger charge is -2.10. The van der Waals surface area contributed by atoms with E-state index in [4.69, 9.17) is 5.11 Å². The normalized spacial score (nSPS) is 12.4. The Labute approximate surface area is 112 Å². The Bertz CT molecular complexity index is 559. The van der Waals surface area contributed by atoms with E-state index in [9.17, 15) is 13.6 Å². The fourth-order valence-corrected chi connectivity index (χ4v) is 1.43. The minimum Gasteiger partial charge on any atom is -0.385 e. The quantitative estimate of drug-likeness (QED) is 0.807. The molecule has 1 amide bonds. The van der Waals surface area contributed by atoms with Crippen LogP contribution in [0.2, 0.25) is 0 Å². The van der Waals surface area contributed by atoms with Gasteiger partial charge in [-0.05, 0) is 34.7 Å². The van der Waals surface area contributed by atoms with Crippen LogP contribution in [0.4, 0.5) is 8.78 Å². The lowest BCUT2D eigenvalue weighted by molar-refractivity contribution is -0.00270. The Morgan fingerprint density at radius 3 is 2.60 bits per heavy atom. The number of aromatic nitrogens is 4. The molecule has 2 N–H and O–H groups in total. The van der Waals surface area contributed by atoms with Crippen molar-refractivity contribution in [3.63, 3.8) is 0 Å². The molecule has 1 unspecified atom stereocenters. The lowest BCUT2D eigenvalue weighted by atomic mass is 10.2. The van der Waals surface area contributed by atoms with Gasteiger partial charge in [0, 0.05) is 12.1 Å². The van der Waals surface area contributed by atoms with Crippen molar-refractivity contribution in [2.75, 3.05) is 6.54 Å². The molecule has 1 atom stereocenters. The van der Waals surface area contributed by atoms with Crippen molar-refractivity contribution >= 4 is 5.91 Å². The van der Waals surface area contributed by atoms with Crippen LogP contribution in [0.15, 0.2) is 30.6 Å². The van der Waals surface area contributed by atoms with E-state index >= 15 is 0 Å². The highest BCUT2D eigenvalue weighted by molar-refractivity contribution is 5.94. The summed E-state index contributed by atoms with van der Waals surface area (Å²) in [5.41, 5.74) is 0.933. The van der Waals surface area contributed by atoms with Crippen LogP contribution in [-0.2, 0) is 0 Å². The van der Waals surface area contributed by atoms with E-state index in [1.807, 2.05) is 0 Å². The first-order chi connectivity index (χ1) is 9.58. The van der Waals surface area contributed by atoms with Crippen molar-refractivity contribution in [2.45, 2.75) is 12.5 Å². The minimum absolute atomic E-state index is 0.281. The first-order valence-electron chi connectivity index (χ1n) is 5.66. The summed E-state index contributed by atoms with van der Waals surface area (Å²) >= 11 is 0. The van der Waals surface area contributed by atoms with Crippen molar-refractivity contribution in [1.29, 1.82) is 0 Å². The number of carbonyl (C=O) groups excluding carboxylic acids is 1. The van der Waals surface area contributed by atoms with E-state index in [0.717, 1.165) is 0 Å². The van der Waals surface area contributed by atoms with Crippen molar-refractivity contribution in [1.82, 2.24) is 25.5 Å². The number of aliphatic hydroxyl groups is 1. The molecule has 0 saturated heterocycles. The molecule has 20 heavy (non-hydrogen) atoms. The molecule has 1 aromatic heterocycles. The van der Waals surface area contributed by atoms with Crippen LogP contribution in [0.3, 0.4) is 0 Å². The number of nitrogens with zero attached hydrogens (tertiary/aromatic N) is 4. The lowest BCUT2D eigenvalue weighted by Crippen LogP contribution is -2.35. The third kappa shape index (κ3) is 3.32. The SMILES string of the molecule is O=C(NCC(O)C(F)F)c1ccc(-n2cnnn2)cc1. The number of benzene rings is 1. The number of tetrazole rings is 1. The van der Waals surface area contributed by atoms with Gasteiger partial charge in [0.25, 0.3) is 12.3 Å². The Morgan fingerprint density at radius 1 is 1.35 bits per heavy atom. The summed E-state index contributed by atoms with van der Waals surface area (Å²) in [6.45, 7) is -0.509. The number of alkyl halides is 2. The Morgan fingerprint density at radius 2 is 2.05 bits per heavy atom. The van der Waals surface area contributed by atoms with Gasteiger partial charge >= 0.3 is 0 Å². The molecule has 2 aromatic rings. The Hall–Kier alpha value is -2.42. The molecule has 0 spiro atoms. The van der Waals surface area contributed by atoms with E-state index in [1.54, 1.807) is 12.1 Å². The molecule has 7 nitrogen and oxygen atoms in total. The van der Waals surface area contributed by atoms with Gasteiger partial charge in [-0.25, -0.2) is 13.5 Å². The van der Waals surface area contributed by atoms with Gasteiger partial charge in [-0.2, -0.15) is 0 Å². The van der Waals surface area contributed by atoms with Gasteiger partial charge in [-0.3, -0.25) is 4.79 Å². The molecule has 9 heteroatoms. The van der Waals surface area contributed by atoms with E-state index in [-0.39, 0.29) is 5.56 Å². The molecule has 2 rings (SSSR count). The molecular formula is C11H11F2N5O2. The summed E-state index contributed by atoms with van der Waals surface area (Å²) in [7, 11) is 0. The highest BCUT2D eigenvalue weighted by Gasteiger charge is 2.17. The van der Waals surface area contributed by atoms with E-state index in [2.05, 4.69) is 20.8 Å². The first-order valence-corrected chi connectivity index (χ1v) is 5.66. The maximum Gasteiger partial charge on any atom is 0.265 e. The number of rotatable bonds is 5. The van der Waals surface area contributed by atoms with Crippen LogP contribution in [0, 0.1) is 0 Å². The van der Waals surface area contributed by atoms with E-state index in [0.29, 0.717) is 5.69 Å². The summed E-state index contributed by atoms with van der Waals surface area (Å²) in [4.78, 5) is 11.7. The van der Waals surface area contributed by atoms with Gasteiger partial charge in [0.1, 0.15) is 12.4 Å². The molecule has 0 aliphatic rings. The van der Waals surface area contributed by atoms with Gasteiger partial charge in [-0.15, -0.1) is 5.10 Å². The molecule has 0 fully saturated rings. The third-order valence-corrected chi connectivity index (χ3v) is 2.51. The fraction of sp³-hybridized carbons (Fsp3) is 0.273. The zero-order valence-electron chi connectivity index (χ0n) is 10.1. The molecule has 0 bridgehead atoms. The molecule has 1 aromatic carbocycles. The van der Waals surface area contributed by atoms with Crippen molar-refractivity contribution in [2.24, 2.45) is 0 Å². The van der Waals surface area contributed by atoms with Crippen LogP contribution < -0.4 is 5.32 Å². The molecule has 1 heterocycles. The maximum absolute atomic E-state index is 12.1. The van der Waals surface area contributed by atoms with Crippen molar-refractivity contribution < 1.29 is 18.7 Å². The summed E-state index contributed by atoms with van der Waals surface area (Å²) in [6.07, 6.45) is -3.37. The first kappa shape index (κ1) is 14.0. The van der Waals surface area contributed by atoms with Crippen LogP contribution >= 0.6 is 0 Å². The van der Waals surface area contributed by atoms with E-state index < -0.39 is 25.0 Å². The predicted octanol–water partition coefficient (Wildman–Crippen LogP) is 0.0181. The molecule has 0 aliphatic carbocycles. The summed E-state index contributed by atoms with van der Waals surface area (Å²) in [5.74, 6) is -0.548. The van der Waals surface area contributed by atoms with Gasteiger partial charge in [0.15, 0.2) is 0 Å². The molecule has 0 aliphatic heterocycles. The summed E-state index contributed by atoms with van der Waals surface area (Å²) in [6, 6.07) is 6.21. The second-order valence-electron chi connectivity index (χ2n) is 3.91. The monoisotopic (exact) mass is 283 g/mol. The minimum atomic E-state index is -2.89. The maximum atomic E-state index is 12.1. The topological polar surface area (TPSA) is 92.9 Å². The number of nitrogens with one attached hydrogen (secondary N) is 1. The largest absolute Gasteiger partial charge is 0.385 e. The fourth-order valence-electron chi connectivity index (χ4n) is 1.43. The number of carbonyl (C=O) groups is 1. The molecule has 106 valence electrons.